The molecule has 1 heterocycles. The van der Waals surface area contributed by atoms with Crippen molar-refractivity contribution < 1.29 is 18.3 Å². The Morgan fingerprint density at radius 3 is 2.42 bits per heavy atom. The topological polar surface area (TPSA) is 70.1 Å². The van der Waals surface area contributed by atoms with Crippen LogP contribution in [0.15, 0.2) is 18.2 Å². The standard InChI is InChI=1S/C12H11F2N3O2/c1-6-16-10(12(18)19-2)11(15)17(6)9-4-7(13)3-8(14)5-9/h3-5H,15H2,1-2H3. The number of anilines is 1. The minimum Gasteiger partial charge on any atom is -0.464 e. The molecule has 0 aliphatic carbocycles. The van der Waals surface area contributed by atoms with Gasteiger partial charge in [0, 0.05) is 6.07 Å². The Morgan fingerprint density at radius 1 is 1.32 bits per heavy atom. The minimum absolute atomic E-state index is 0.0330. The van der Waals surface area contributed by atoms with E-state index < -0.39 is 17.6 Å². The maximum atomic E-state index is 13.2. The van der Waals surface area contributed by atoms with Gasteiger partial charge >= 0.3 is 5.97 Å². The third-order valence-electron chi connectivity index (χ3n) is 2.56. The highest BCUT2D eigenvalue weighted by atomic mass is 19.1. The van der Waals surface area contributed by atoms with E-state index in [0.717, 1.165) is 18.2 Å². The Hall–Kier alpha value is -2.44. The van der Waals surface area contributed by atoms with Crippen LogP contribution in [0.5, 0.6) is 0 Å². The second-order valence-corrected chi connectivity index (χ2v) is 3.85. The predicted molar refractivity (Wildman–Crippen MR) is 64.0 cm³/mol. The molecule has 1 aromatic carbocycles. The number of carbonyl (C=O) groups excluding carboxylic acids is 1. The molecule has 0 aliphatic heterocycles. The Morgan fingerprint density at radius 2 is 1.89 bits per heavy atom. The third-order valence-corrected chi connectivity index (χ3v) is 2.56. The number of benzene rings is 1. The van der Waals surface area contributed by atoms with Crippen LogP contribution in [0.4, 0.5) is 14.6 Å². The molecule has 0 aliphatic rings. The number of aryl methyl sites for hydroxylation is 1. The van der Waals surface area contributed by atoms with Crippen molar-refractivity contribution in [3.05, 3.63) is 41.4 Å². The number of aromatic nitrogens is 2. The van der Waals surface area contributed by atoms with E-state index in [1.54, 1.807) is 6.92 Å². The molecular formula is C12H11F2N3O2. The number of esters is 1. The molecule has 0 unspecified atom stereocenters. The molecule has 0 radical (unpaired) electrons. The number of hydrogen-bond donors (Lipinski definition) is 1. The van der Waals surface area contributed by atoms with Gasteiger partial charge in [0.05, 0.1) is 12.8 Å². The highest BCUT2D eigenvalue weighted by Gasteiger charge is 2.20. The summed E-state index contributed by atoms with van der Waals surface area (Å²) in [7, 11) is 1.19. The van der Waals surface area contributed by atoms with Gasteiger partial charge in [0.2, 0.25) is 0 Å². The van der Waals surface area contributed by atoms with Crippen molar-refractivity contribution in [2.75, 3.05) is 12.8 Å². The van der Waals surface area contributed by atoms with Crippen molar-refractivity contribution in [2.24, 2.45) is 0 Å². The minimum atomic E-state index is -0.748. The van der Waals surface area contributed by atoms with Crippen molar-refractivity contribution in [3.8, 4) is 5.69 Å². The van der Waals surface area contributed by atoms with Crippen molar-refractivity contribution in [2.45, 2.75) is 6.92 Å². The lowest BCUT2D eigenvalue weighted by Crippen LogP contribution is -2.08. The smallest absolute Gasteiger partial charge is 0.360 e. The number of imidazole rings is 1. The molecular weight excluding hydrogens is 256 g/mol. The maximum absolute atomic E-state index is 13.2. The van der Waals surface area contributed by atoms with E-state index in [-0.39, 0.29) is 17.2 Å². The van der Waals surface area contributed by atoms with Gasteiger partial charge in [-0.25, -0.2) is 18.6 Å². The molecule has 2 N–H and O–H groups in total. The van der Waals surface area contributed by atoms with Crippen LogP contribution in [0.1, 0.15) is 16.3 Å². The quantitative estimate of drug-likeness (QED) is 0.843. The summed E-state index contributed by atoms with van der Waals surface area (Å²) < 4.78 is 32.2. The highest BCUT2D eigenvalue weighted by molar-refractivity contribution is 5.92. The van der Waals surface area contributed by atoms with Gasteiger partial charge in [0.15, 0.2) is 5.69 Å². The van der Waals surface area contributed by atoms with Gasteiger partial charge in [0.25, 0.3) is 0 Å². The van der Waals surface area contributed by atoms with Crippen LogP contribution in [0.2, 0.25) is 0 Å². The van der Waals surface area contributed by atoms with E-state index in [1.807, 2.05) is 0 Å². The summed E-state index contributed by atoms with van der Waals surface area (Å²) in [5.41, 5.74) is 5.82. The molecule has 0 amide bonds. The van der Waals surface area contributed by atoms with Gasteiger partial charge < -0.3 is 10.5 Å². The average molecular weight is 267 g/mol. The van der Waals surface area contributed by atoms with Crippen LogP contribution < -0.4 is 5.73 Å². The summed E-state index contributed by atoms with van der Waals surface area (Å²) in [5, 5.41) is 0. The van der Waals surface area contributed by atoms with E-state index in [0.29, 0.717) is 5.82 Å². The molecule has 0 saturated heterocycles. The van der Waals surface area contributed by atoms with E-state index >= 15 is 0 Å². The molecule has 0 fully saturated rings. The number of hydrogen-bond acceptors (Lipinski definition) is 4. The fourth-order valence-corrected chi connectivity index (χ4v) is 1.79. The number of nitrogens with two attached hydrogens (primary N) is 1. The van der Waals surface area contributed by atoms with Crippen LogP contribution in [-0.2, 0) is 4.74 Å². The number of carbonyl (C=O) groups is 1. The largest absolute Gasteiger partial charge is 0.464 e. The zero-order chi connectivity index (χ0) is 14.2. The average Bonchev–Trinajstić information content (AvgIpc) is 2.62. The van der Waals surface area contributed by atoms with Gasteiger partial charge in [-0.15, -0.1) is 0 Å². The van der Waals surface area contributed by atoms with Crippen LogP contribution in [-0.4, -0.2) is 22.6 Å². The first kappa shape index (κ1) is 13.0. The van der Waals surface area contributed by atoms with Crippen molar-refractivity contribution >= 4 is 11.8 Å². The zero-order valence-corrected chi connectivity index (χ0v) is 10.3. The second kappa shape index (κ2) is 4.68. The molecule has 0 atom stereocenters. The SMILES string of the molecule is COC(=O)c1nc(C)n(-c2cc(F)cc(F)c2)c1N. The van der Waals surface area contributed by atoms with Gasteiger partial charge in [-0.1, -0.05) is 0 Å². The molecule has 2 aromatic rings. The first-order chi connectivity index (χ1) is 8.93. The first-order valence-electron chi connectivity index (χ1n) is 5.33. The number of halogens is 2. The lowest BCUT2D eigenvalue weighted by molar-refractivity contribution is 0.0596. The summed E-state index contributed by atoms with van der Waals surface area (Å²) in [4.78, 5) is 15.4. The first-order valence-corrected chi connectivity index (χ1v) is 5.33. The van der Waals surface area contributed by atoms with E-state index in [9.17, 15) is 13.6 Å². The Bertz CT molecular complexity index is 632. The molecule has 0 saturated carbocycles. The van der Waals surface area contributed by atoms with E-state index in [4.69, 9.17) is 5.73 Å². The maximum Gasteiger partial charge on any atom is 0.360 e. The lowest BCUT2D eigenvalue weighted by atomic mass is 10.3. The number of methoxy groups -OCH3 is 1. The van der Waals surface area contributed by atoms with Crippen molar-refractivity contribution in [3.63, 3.8) is 0 Å². The highest BCUT2D eigenvalue weighted by Crippen LogP contribution is 2.22. The Labute approximate surface area is 107 Å². The van der Waals surface area contributed by atoms with Gasteiger partial charge in [-0.05, 0) is 19.1 Å². The number of rotatable bonds is 2. The second-order valence-electron chi connectivity index (χ2n) is 3.85. The molecule has 1 aromatic heterocycles. The molecule has 0 spiro atoms. The molecule has 5 nitrogen and oxygen atoms in total. The predicted octanol–water partition coefficient (Wildman–Crippen LogP) is 1.83. The van der Waals surface area contributed by atoms with Crippen LogP contribution in [0.3, 0.4) is 0 Å². The Kier molecular flexibility index (Phi) is 3.20. The number of ether oxygens (including phenoxy) is 1. The fourth-order valence-electron chi connectivity index (χ4n) is 1.79. The van der Waals surface area contributed by atoms with E-state index in [2.05, 4.69) is 9.72 Å². The van der Waals surface area contributed by atoms with Crippen molar-refractivity contribution in [1.29, 1.82) is 0 Å². The molecule has 100 valence electrons. The lowest BCUT2D eigenvalue weighted by Gasteiger charge is -2.08. The molecule has 19 heavy (non-hydrogen) atoms. The summed E-state index contributed by atoms with van der Waals surface area (Å²) in [6, 6.07) is 2.93. The van der Waals surface area contributed by atoms with Gasteiger partial charge in [-0.2, -0.15) is 0 Å². The fraction of sp³-hybridized carbons (Fsp3) is 0.167. The van der Waals surface area contributed by atoms with Crippen molar-refractivity contribution in [1.82, 2.24) is 9.55 Å². The summed E-state index contributed by atoms with van der Waals surface area (Å²) >= 11 is 0. The Balaban J connectivity index is 2.62. The van der Waals surface area contributed by atoms with Crippen LogP contribution in [0.25, 0.3) is 5.69 Å². The monoisotopic (exact) mass is 267 g/mol. The summed E-state index contributed by atoms with van der Waals surface area (Å²) in [5.74, 6) is -1.92. The number of nitrogens with zero attached hydrogens (tertiary/aromatic N) is 2. The molecule has 7 heteroatoms. The van der Waals surface area contributed by atoms with Crippen LogP contribution >= 0.6 is 0 Å². The summed E-state index contributed by atoms with van der Waals surface area (Å²) in [6.07, 6.45) is 0. The summed E-state index contributed by atoms with van der Waals surface area (Å²) in [6.45, 7) is 1.56. The zero-order valence-electron chi connectivity index (χ0n) is 10.3. The third kappa shape index (κ3) is 2.26. The molecule has 0 bridgehead atoms. The van der Waals surface area contributed by atoms with Gasteiger partial charge in [0.1, 0.15) is 23.3 Å². The normalized spacial score (nSPS) is 10.5. The number of nitrogen functional groups attached to an aromatic ring is 1. The van der Waals surface area contributed by atoms with E-state index in [1.165, 1.54) is 11.7 Å². The molecule has 2 rings (SSSR count). The van der Waals surface area contributed by atoms with Crippen LogP contribution in [0, 0.1) is 18.6 Å². The van der Waals surface area contributed by atoms with Gasteiger partial charge in [-0.3, -0.25) is 4.57 Å².